The van der Waals surface area contributed by atoms with Gasteiger partial charge in [0.2, 0.25) is 0 Å². The second-order valence-corrected chi connectivity index (χ2v) is 45.6. The van der Waals surface area contributed by atoms with Gasteiger partial charge in [-0.1, -0.05) is 307 Å². The Morgan fingerprint density at radius 3 is 0.802 bits per heavy atom. The van der Waals surface area contributed by atoms with E-state index in [4.69, 9.17) is 56.8 Å². The lowest BCUT2D eigenvalue weighted by Crippen LogP contribution is -2.46. The molecule has 0 aromatic carbocycles. The van der Waals surface area contributed by atoms with Crippen LogP contribution < -0.4 is 0 Å². The summed E-state index contributed by atoms with van der Waals surface area (Å²) in [5.41, 5.74) is 1.94. The zero-order valence-electron chi connectivity index (χ0n) is 91.6. The van der Waals surface area contributed by atoms with Crippen LogP contribution in [0.25, 0.3) is 0 Å². The van der Waals surface area contributed by atoms with Gasteiger partial charge in [-0.2, -0.15) is 0 Å². The Balaban J connectivity index is 0.000000688. The van der Waals surface area contributed by atoms with E-state index in [1.165, 1.54) is 161 Å². The van der Waals surface area contributed by atoms with Crippen molar-refractivity contribution in [3.05, 3.63) is 0 Å². The van der Waals surface area contributed by atoms with Crippen molar-refractivity contribution in [1.29, 1.82) is 0 Å². The molecule has 0 amide bonds. The summed E-state index contributed by atoms with van der Waals surface area (Å²) < 4.78 is 63.5. The lowest BCUT2D eigenvalue weighted by atomic mass is 9.69. The molecular weight excluding hydrogens is 1560 g/mol. The molecule has 14 unspecified atom stereocenters. The highest BCUT2D eigenvalue weighted by Gasteiger charge is 2.46. The monoisotopic (exact) mass is 1790 g/mol. The number of hydrogen-bond donors (Lipinski definition) is 0. The van der Waals surface area contributed by atoms with E-state index in [1.54, 1.807) is 0 Å². The summed E-state index contributed by atoms with van der Waals surface area (Å²) in [6.45, 7) is 104. The van der Waals surface area contributed by atoms with Crippen molar-refractivity contribution >= 4 is 0 Å². The van der Waals surface area contributed by atoms with Gasteiger partial charge in [-0.25, -0.2) is 0 Å². The third-order valence-corrected chi connectivity index (χ3v) is 34.0. The summed E-state index contributed by atoms with van der Waals surface area (Å²) in [5, 5.41) is 0. The van der Waals surface area contributed by atoms with Crippen LogP contribution in [0.15, 0.2) is 0 Å². The first-order valence-electron chi connectivity index (χ1n) is 54.9. The SMILES string of the molecule is CCC(C(C)C)C1CCOC1.CCC(C(C)C)C1CCOCC1.CCC(C(C)C)C1CO1.CCC(C(C)C)C1COC1.CCC(CC1CCOC1)C(C)C.CCC(CC1CCOCC1)C(C)C.CCC(CC1CO1)C(C)C.CCC(CC1COC1)C(C)C.CCC1(C(C)C)CCOC1.CCC1(C(C)C)CCOCC1.CCC1(C(C)C)CO1.CCC1(C(C)C)COC1. The van der Waals surface area contributed by atoms with Crippen LogP contribution in [0, 0.1) is 170 Å². The van der Waals surface area contributed by atoms with E-state index in [-0.39, 0.29) is 0 Å². The first-order chi connectivity index (χ1) is 59.8. The molecule has 0 saturated carbocycles. The van der Waals surface area contributed by atoms with Gasteiger partial charge in [0.25, 0.3) is 0 Å². The van der Waals surface area contributed by atoms with E-state index in [0.29, 0.717) is 40.0 Å². The predicted octanol–water partition coefficient (Wildman–Crippen LogP) is 31.1. The molecule has 12 fully saturated rings. The highest BCUT2D eigenvalue weighted by atomic mass is 16.6. The quantitative estimate of drug-likeness (QED) is 0.0555. The second kappa shape index (κ2) is 69.3. The maximum absolute atomic E-state index is 5.41. The maximum Gasteiger partial charge on any atom is 0.0936 e. The average molecular weight is 1790 g/mol. The minimum atomic E-state index is 0.292. The molecule has 12 nitrogen and oxygen atoms in total. The Morgan fingerprint density at radius 2 is 0.563 bits per heavy atom. The number of rotatable bonds is 36. The number of hydrogen-bond acceptors (Lipinski definition) is 12. The van der Waals surface area contributed by atoms with Crippen molar-refractivity contribution < 1.29 is 56.8 Å². The van der Waals surface area contributed by atoms with Gasteiger partial charge >= 0.3 is 0 Å². The van der Waals surface area contributed by atoms with Gasteiger partial charge in [-0.15, -0.1) is 0 Å². The lowest BCUT2D eigenvalue weighted by molar-refractivity contribution is -0.140. The van der Waals surface area contributed by atoms with E-state index in [1.807, 2.05) is 0 Å². The Hall–Kier alpha value is -0.480. The molecule has 12 saturated heterocycles. The molecule has 0 aliphatic carbocycles. The molecule has 0 radical (unpaired) electrons. The molecular formula is C114H228O12. The van der Waals surface area contributed by atoms with E-state index >= 15 is 0 Å². The van der Waals surface area contributed by atoms with Crippen LogP contribution in [-0.4, -0.2) is 157 Å². The van der Waals surface area contributed by atoms with Crippen molar-refractivity contribution in [2.45, 2.75) is 428 Å². The fourth-order valence-electron chi connectivity index (χ4n) is 21.9. The predicted molar refractivity (Wildman–Crippen MR) is 543 cm³/mol. The fraction of sp³-hybridized carbons (Fsp3) is 1.00. The van der Waals surface area contributed by atoms with E-state index in [0.717, 1.165) is 287 Å². The third kappa shape index (κ3) is 48.5. The highest BCUT2D eigenvalue weighted by Crippen LogP contribution is 2.44. The summed E-state index contributed by atoms with van der Waals surface area (Å²) in [6.07, 6.45) is 33.8. The van der Waals surface area contributed by atoms with Crippen LogP contribution in [-0.2, 0) is 56.8 Å². The topological polar surface area (TPSA) is 121 Å². The number of epoxide rings is 3. The molecule has 126 heavy (non-hydrogen) atoms. The van der Waals surface area contributed by atoms with Crippen molar-refractivity contribution in [2.24, 2.45) is 170 Å². The van der Waals surface area contributed by atoms with Crippen molar-refractivity contribution in [2.75, 3.05) is 139 Å². The van der Waals surface area contributed by atoms with Gasteiger partial charge in [0.05, 0.1) is 83.9 Å². The van der Waals surface area contributed by atoms with Crippen LogP contribution in [0.4, 0.5) is 0 Å². The first-order valence-corrected chi connectivity index (χ1v) is 54.9. The first kappa shape index (κ1) is 124. The summed E-state index contributed by atoms with van der Waals surface area (Å²) in [5.74, 6) is 22.3. The van der Waals surface area contributed by atoms with Crippen LogP contribution in [0.3, 0.4) is 0 Å². The molecule has 0 N–H and O–H groups in total. The normalized spacial score (nSPS) is 26.1. The molecule has 756 valence electrons. The minimum Gasteiger partial charge on any atom is -0.381 e. The molecule has 0 spiro atoms. The molecule has 12 heterocycles. The molecule has 0 aromatic heterocycles. The highest BCUT2D eigenvalue weighted by molar-refractivity contribution is 4.94. The zero-order chi connectivity index (χ0) is 95.2. The minimum absolute atomic E-state index is 0.292. The molecule has 14 atom stereocenters. The lowest BCUT2D eigenvalue weighted by Gasteiger charge is -2.44. The summed E-state index contributed by atoms with van der Waals surface area (Å²) in [7, 11) is 0. The van der Waals surface area contributed by atoms with Gasteiger partial charge in [-0.05, 0) is 256 Å². The Labute approximate surface area is 788 Å². The smallest absolute Gasteiger partial charge is 0.0936 e. The number of ether oxygens (including phenoxy) is 12. The van der Waals surface area contributed by atoms with E-state index < -0.39 is 0 Å². The van der Waals surface area contributed by atoms with Gasteiger partial charge in [0, 0.05) is 89.9 Å². The third-order valence-electron chi connectivity index (χ3n) is 34.0. The molecule has 12 heteroatoms. The molecule has 0 bridgehead atoms. The van der Waals surface area contributed by atoms with Crippen LogP contribution in [0.5, 0.6) is 0 Å². The van der Waals surface area contributed by atoms with E-state index in [9.17, 15) is 0 Å². The van der Waals surface area contributed by atoms with Crippen LogP contribution in [0.2, 0.25) is 0 Å². The van der Waals surface area contributed by atoms with Crippen LogP contribution in [0.1, 0.15) is 410 Å². The standard InChI is InChI=1S/C12H24O.2C11H22O.3C10H20O.3C9H18O.2C8H16O.C7H14O/c1-4-12(10(2)3)9-11-5-7-13-8-6-11;1-4-11(9(2)3)10-5-7-12-8-6-10;1-4-11(9(2)3)7-10-5-6-12-8-10;1-4-10(8(2)3)5-9-6-11-7-9;1-4-10(9(2)3)5-7-11-8-6-10;1-4-10(8(2)3)9-5-6-11-7-9;1-4-9(7(2)3)8-5-10-6-8;1-4-8(7(2)3)5-9-6-10-9;1-4-9(8(2)3)5-6-10-7-9;1-4-8(7(2)3)5-9-6-8;1-4-7(6(2)3)8-5-9-8;1-4-7(5-8-7)6(2)3/h10-12H,4-9H2,1-3H3;2*9-11H,4-8H2,1-3H3;8-10H,4-7H2,1-3H3;9H,4-8H2,1-3H3;8-10H,4-7H2,1-3H3;2*7-9H,4-6H2,1-3H3;8H,4-7H2,1-3H3;7H,4-6H2,1-3H3;6-8H,4-5H2,1-3H3;6H,4-5H2,1-3H3. The molecule has 12 aliphatic heterocycles. The second-order valence-electron chi connectivity index (χ2n) is 45.6. The van der Waals surface area contributed by atoms with Crippen LogP contribution >= 0.6 is 0 Å². The largest absolute Gasteiger partial charge is 0.381 e. The summed E-state index contributed by atoms with van der Waals surface area (Å²) in [4.78, 5) is 0. The van der Waals surface area contributed by atoms with Gasteiger partial charge < -0.3 is 56.8 Å². The molecule has 12 aliphatic rings. The Bertz CT molecular complexity index is 2410. The van der Waals surface area contributed by atoms with Gasteiger partial charge in [-0.3, -0.25) is 0 Å². The van der Waals surface area contributed by atoms with E-state index in [2.05, 4.69) is 249 Å². The van der Waals surface area contributed by atoms with Crippen molar-refractivity contribution in [3.8, 4) is 0 Å². The Kier molecular flexibility index (Phi) is 68.0. The molecule has 0 aromatic rings. The zero-order valence-corrected chi connectivity index (χ0v) is 91.6. The Morgan fingerprint density at radius 1 is 0.238 bits per heavy atom. The van der Waals surface area contributed by atoms with Crippen molar-refractivity contribution in [1.82, 2.24) is 0 Å². The average Bonchev–Trinajstić information content (AvgIpc) is 1.54. The summed E-state index contributed by atoms with van der Waals surface area (Å²) >= 11 is 0. The maximum atomic E-state index is 5.41. The molecule has 12 rings (SSSR count). The van der Waals surface area contributed by atoms with Gasteiger partial charge in [0.1, 0.15) is 0 Å². The van der Waals surface area contributed by atoms with Gasteiger partial charge in [0.15, 0.2) is 0 Å². The fourth-order valence-corrected chi connectivity index (χ4v) is 21.9. The van der Waals surface area contributed by atoms with Crippen molar-refractivity contribution in [3.63, 3.8) is 0 Å². The summed E-state index contributed by atoms with van der Waals surface area (Å²) in [6, 6.07) is 0.